The largest absolute Gasteiger partial charge is 0.345 e. The number of amides is 1. The first-order valence-corrected chi connectivity index (χ1v) is 4.55. The van der Waals surface area contributed by atoms with E-state index in [2.05, 4.69) is 0 Å². The van der Waals surface area contributed by atoms with Crippen LogP contribution in [0.25, 0.3) is 0 Å². The second kappa shape index (κ2) is 4.15. The fourth-order valence-corrected chi connectivity index (χ4v) is 1.39. The number of halogens is 3. The first-order chi connectivity index (χ1) is 6.43. The van der Waals surface area contributed by atoms with Gasteiger partial charge in [-0.25, -0.2) is 4.39 Å². The molecule has 0 heterocycles. The zero-order valence-electron chi connectivity index (χ0n) is 7.64. The molecule has 0 saturated heterocycles. The summed E-state index contributed by atoms with van der Waals surface area (Å²) in [5.41, 5.74) is 0.110. The molecule has 0 aliphatic carbocycles. The number of carbonyl (C=O) groups is 1. The molecule has 0 aliphatic heterocycles. The van der Waals surface area contributed by atoms with Gasteiger partial charge in [0.15, 0.2) is 0 Å². The Hall–Kier alpha value is -0.800. The van der Waals surface area contributed by atoms with Crippen molar-refractivity contribution in [3.8, 4) is 0 Å². The summed E-state index contributed by atoms with van der Waals surface area (Å²) in [6.07, 6.45) is 0. The van der Waals surface area contributed by atoms with E-state index in [0.717, 1.165) is 6.07 Å². The van der Waals surface area contributed by atoms with Crippen LogP contribution in [0.5, 0.6) is 0 Å². The fraction of sp³-hybridized carbons (Fsp3) is 0.222. The van der Waals surface area contributed by atoms with Gasteiger partial charge in [0.2, 0.25) is 0 Å². The maximum absolute atomic E-state index is 13.0. The molecule has 0 atom stereocenters. The van der Waals surface area contributed by atoms with Gasteiger partial charge < -0.3 is 4.90 Å². The molecule has 1 aromatic carbocycles. The molecule has 1 aromatic rings. The monoisotopic (exact) mass is 235 g/mol. The highest BCUT2D eigenvalue weighted by Crippen LogP contribution is 2.24. The molecule has 0 spiro atoms. The number of carbonyl (C=O) groups excluding carboxylic acids is 1. The van der Waals surface area contributed by atoms with E-state index >= 15 is 0 Å². The quantitative estimate of drug-likeness (QED) is 0.686. The number of hydrogen-bond acceptors (Lipinski definition) is 1. The van der Waals surface area contributed by atoms with E-state index < -0.39 is 5.82 Å². The Kier molecular flexibility index (Phi) is 3.34. The van der Waals surface area contributed by atoms with Gasteiger partial charge in [-0.3, -0.25) is 4.79 Å². The normalized spacial score (nSPS) is 10.1. The molecule has 14 heavy (non-hydrogen) atoms. The van der Waals surface area contributed by atoms with Crippen molar-refractivity contribution in [2.75, 3.05) is 14.1 Å². The molecule has 1 rings (SSSR count). The van der Waals surface area contributed by atoms with Crippen LogP contribution in [-0.4, -0.2) is 24.9 Å². The van der Waals surface area contributed by atoms with Crippen LogP contribution in [-0.2, 0) is 0 Å². The third-order valence-corrected chi connectivity index (χ3v) is 2.25. The summed E-state index contributed by atoms with van der Waals surface area (Å²) < 4.78 is 13.0. The Balaban J connectivity index is 3.22. The van der Waals surface area contributed by atoms with Gasteiger partial charge >= 0.3 is 0 Å². The van der Waals surface area contributed by atoms with Crippen LogP contribution in [0.15, 0.2) is 12.1 Å². The minimum atomic E-state index is -0.652. The Bertz CT molecular complexity index is 379. The zero-order chi connectivity index (χ0) is 10.9. The predicted molar refractivity (Wildman–Crippen MR) is 54.4 cm³/mol. The van der Waals surface area contributed by atoms with Gasteiger partial charge in [-0.05, 0) is 12.1 Å². The summed E-state index contributed by atoms with van der Waals surface area (Å²) in [6, 6.07) is 2.25. The van der Waals surface area contributed by atoms with Gasteiger partial charge in [0.05, 0.1) is 15.6 Å². The molecule has 0 bridgehead atoms. The molecule has 1 amide bonds. The van der Waals surface area contributed by atoms with Crippen LogP contribution in [0.3, 0.4) is 0 Å². The maximum atomic E-state index is 13.0. The third kappa shape index (κ3) is 2.16. The van der Waals surface area contributed by atoms with Crippen molar-refractivity contribution in [1.29, 1.82) is 0 Å². The second-order valence-corrected chi connectivity index (χ2v) is 3.76. The Morgan fingerprint density at radius 1 is 1.29 bits per heavy atom. The van der Waals surface area contributed by atoms with E-state index in [9.17, 15) is 9.18 Å². The Morgan fingerprint density at radius 3 is 2.36 bits per heavy atom. The van der Waals surface area contributed by atoms with Crippen molar-refractivity contribution < 1.29 is 9.18 Å². The third-order valence-electron chi connectivity index (χ3n) is 1.65. The summed E-state index contributed by atoms with van der Waals surface area (Å²) in [6.45, 7) is 0. The van der Waals surface area contributed by atoms with Crippen LogP contribution in [0, 0.1) is 5.82 Å². The van der Waals surface area contributed by atoms with E-state index in [-0.39, 0.29) is 21.5 Å². The van der Waals surface area contributed by atoms with Crippen molar-refractivity contribution in [1.82, 2.24) is 4.90 Å². The van der Waals surface area contributed by atoms with Crippen LogP contribution in [0.2, 0.25) is 10.0 Å². The minimum absolute atomic E-state index is 0.0923. The number of benzene rings is 1. The summed E-state index contributed by atoms with van der Waals surface area (Å²) >= 11 is 11.2. The van der Waals surface area contributed by atoms with E-state index in [0.29, 0.717) is 0 Å². The lowest BCUT2D eigenvalue weighted by Crippen LogP contribution is -2.22. The molecular weight excluding hydrogens is 228 g/mol. The molecule has 0 aromatic heterocycles. The molecule has 0 aliphatic rings. The molecule has 76 valence electrons. The van der Waals surface area contributed by atoms with Gasteiger partial charge in [0.1, 0.15) is 5.82 Å². The van der Waals surface area contributed by atoms with Gasteiger partial charge in [-0.1, -0.05) is 23.2 Å². The standard InChI is InChI=1S/C9H8Cl2FNO/c1-13(2)9(14)5-3-8(12)7(11)4-6(5)10/h3-4H,1-2H3. The van der Waals surface area contributed by atoms with E-state index in [1.165, 1.54) is 11.0 Å². The lowest BCUT2D eigenvalue weighted by atomic mass is 10.2. The Morgan fingerprint density at radius 2 is 1.86 bits per heavy atom. The molecule has 0 saturated carbocycles. The number of nitrogens with zero attached hydrogens (tertiary/aromatic N) is 1. The maximum Gasteiger partial charge on any atom is 0.254 e. The SMILES string of the molecule is CN(C)C(=O)c1cc(F)c(Cl)cc1Cl. The van der Waals surface area contributed by atoms with Crippen molar-refractivity contribution in [2.24, 2.45) is 0 Å². The number of rotatable bonds is 1. The van der Waals surface area contributed by atoms with Crippen LogP contribution < -0.4 is 0 Å². The van der Waals surface area contributed by atoms with Gasteiger partial charge in [-0.2, -0.15) is 0 Å². The van der Waals surface area contributed by atoms with Crippen LogP contribution >= 0.6 is 23.2 Å². The zero-order valence-corrected chi connectivity index (χ0v) is 9.16. The van der Waals surface area contributed by atoms with Crippen molar-refractivity contribution in [2.45, 2.75) is 0 Å². The molecular formula is C9H8Cl2FNO. The van der Waals surface area contributed by atoms with Crippen molar-refractivity contribution >= 4 is 29.1 Å². The topological polar surface area (TPSA) is 20.3 Å². The molecule has 0 N–H and O–H groups in total. The van der Waals surface area contributed by atoms with E-state index in [1.807, 2.05) is 0 Å². The lowest BCUT2D eigenvalue weighted by molar-refractivity contribution is 0.0827. The number of hydrogen-bond donors (Lipinski definition) is 0. The highest BCUT2D eigenvalue weighted by molar-refractivity contribution is 6.36. The highest BCUT2D eigenvalue weighted by Gasteiger charge is 2.15. The van der Waals surface area contributed by atoms with Gasteiger partial charge in [0.25, 0.3) is 5.91 Å². The highest BCUT2D eigenvalue weighted by atomic mass is 35.5. The molecule has 0 radical (unpaired) electrons. The Labute approximate surface area is 91.2 Å². The van der Waals surface area contributed by atoms with E-state index in [4.69, 9.17) is 23.2 Å². The van der Waals surface area contributed by atoms with Crippen LogP contribution in [0.1, 0.15) is 10.4 Å². The summed E-state index contributed by atoms with van der Waals surface area (Å²) in [7, 11) is 3.12. The summed E-state index contributed by atoms with van der Waals surface area (Å²) in [5, 5.41) is 0.0559. The lowest BCUT2D eigenvalue weighted by Gasteiger charge is -2.11. The molecule has 0 fully saturated rings. The first kappa shape index (κ1) is 11.3. The van der Waals surface area contributed by atoms with Crippen molar-refractivity contribution in [3.63, 3.8) is 0 Å². The van der Waals surface area contributed by atoms with Gasteiger partial charge in [0, 0.05) is 14.1 Å². The van der Waals surface area contributed by atoms with E-state index in [1.54, 1.807) is 14.1 Å². The smallest absolute Gasteiger partial charge is 0.254 e. The predicted octanol–water partition coefficient (Wildman–Crippen LogP) is 2.83. The second-order valence-electron chi connectivity index (χ2n) is 2.95. The van der Waals surface area contributed by atoms with Gasteiger partial charge in [-0.15, -0.1) is 0 Å². The molecule has 0 unspecified atom stereocenters. The average molecular weight is 236 g/mol. The first-order valence-electron chi connectivity index (χ1n) is 3.79. The fourth-order valence-electron chi connectivity index (χ4n) is 0.927. The minimum Gasteiger partial charge on any atom is -0.345 e. The van der Waals surface area contributed by atoms with Crippen LogP contribution in [0.4, 0.5) is 4.39 Å². The summed E-state index contributed by atoms with van der Waals surface area (Å²) in [5.74, 6) is -1.01. The van der Waals surface area contributed by atoms with Crippen molar-refractivity contribution in [3.05, 3.63) is 33.6 Å². The average Bonchev–Trinajstić information content (AvgIpc) is 2.10. The summed E-state index contributed by atoms with van der Waals surface area (Å²) in [4.78, 5) is 12.8. The molecule has 2 nitrogen and oxygen atoms in total. The molecule has 5 heteroatoms.